The van der Waals surface area contributed by atoms with Crippen molar-refractivity contribution in [2.45, 2.75) is 93.3 Å². The number of carbonyl (C=O) groups excluding carboxylic acids is 3. The second-order valence-corrected chi connectivity index (χ2v) is 10.6. The van der Waals surface area contributed by atoms with Crippen molar-refractivity contribution in [2.24, 2.45) is 16.2 Å². The van der Waals surface area contributed by atoms with E-state index in [1.165, 1.54) is 0 Å². The third-order valence-electron chi connectivity index (χ3n) is 4.32. The highest BCUT2D eigenvalue weighted by Gasteiger charge is 2.47. The molecule has 1 saturated heterocycles. The van der Waals surface area contributed by atoms with Gasteiger partial charge >= 0.3 is 17.9 Å². The van der Waals surface area contributed by atoms with Gasteiger partial charge in [0, 0.05) is 6.42 Å². The van der Waals surface area contributed by atoms with Gasteiger partial charge < -0.3 is 18.9 Å². The molecule has 1 aliphatic rings. The molecule has 1 heterocycles. The van der Waals surface area contributed by atoms with Gasteiger partial charge in [-0.15, -0.1) is 0 Å². The van der Waals surface area contributed by atoms with Gasteiger partial charge in [0.25, 0.3) is 0 Å². The minimum atomic E-state index is -1.15. The minimum absolute atomic E-state index is 0.0654. The number of esters is 3. The van der Waals surface area contributed by atoms with Crippen molar-refractivity contribution >= 4 is 17.9 Å². The highest BCUT2D eigenvalue weighted by atomic mass is 17.1. The summed E-state index contributed by atoms with van der Waals surface area (Å²) in [6.07, 6.45) is -4.24. The number of rotatable bonds is 5. The predicted molar refractivity (Wildman–Crippen MR) is 106 cm³/mol. The van der Waals surface area contributed by atoms with Crippen LogP contribution in [0.5, 0.6) is 0 Å². The fourth-order valence-corrected chi connectivity index (χ4v) is 2.35. The fourth-order valence-electron chi connectivity index (χ4n) is 2.35. The van der Waals surface area contributed by atoms with Crippen molar-refractivity contribution in [3.63, 3.8) is 0 Å². The molecule has 0 amide bonds. The van der Waals surface area contributed by atoms with Crippen molar-refractivity contribution in [1.82, 2.24) is 0 Å². The van der Waals surface area contributed by atoms with E-state index < -0.39 is 58.8 Å². The van der Waals surface area contributed by atoms with Gasteiger partial charge in [-0.3, -0.25) is 14.4 Å². The summed E-state index contributed by atoms with van der Waals surface area (Å²) >= 11 is 0. The Morgan fingerprint density at radius 2 is 1.30 bits per heavy atom. The Balaban J connectivity index is 3.15. The van der Waals surface area contributed by atoms with E-state index in [-0.39, 0.29) is 13.0 Å². The Bertz CT molecular complexity index is 622. The molecule has 0 spiro atoms. The van der Waals surface area contributed by atoms with Crippen molar-refractivity contribution in [1.29, 1.82) is 0 Å². The zero-order chi connectivity index (χ0) is 23.5. The normalized spacial score (nSPS) is 25.4. The van der Waals surface area contributed by atoms with Gasteiger partial charge in [0.2, 0.25) is 0 Å². The van der Waals surface area contributed by atoms with Crippen molar-refractivity contribution in [3.05, 3.63) is 0 Å². The van der Waals surface area contributed by atoms with Crippen LogP contribution in [0.1, 0.15) is 68.7 Å². The summed E-state index contributed by atoms with van der Waals surface area (Å²) in [4.78, 5) is 41.5. The largest absolute Gasteiger partial charge is 0.462 e. The molecule has 1 aliphatic heterocycles. The Hall–Kier alpha value is -1.71. The molecule has 9 nitrogen and oxygen atoms in total. The lowest BCUT2D eigenvalue weighted by Gasteiger charge is -2.40. The first-order valence-electron chi connectivity index (χ1n) is 10.0. The third-order valence-corrected chi connectivity index (χ3v) is 4.32. The molecule has 0 radical (unpaired) electrons. The Morgan fingerprint density at radius 3 is 1.73 bits per heavy atom. The molecule has 9 heteroatoms. The van der Waals surface area contributed by atoms with Crippen LogP contribution >= 0.6 is 0 Å². The van der Waals surface area contributed by atoms with E-state index in [0.29, 0.717) is 0 Å². The summed E-state index contributed by atoms with van der Waals surface area (Å²) in [6.45, 7) is 14.9. The molecule has 0 bridgehead atoms. The maximum atomic E-state index is 12.5. The van der Waals surface area contributed by atoms with Crippen molar-refractivity contribution in [2.75, 3.05) is 6.61 Å². The molecule has 0 saturated carbocycles. The lowest BCUT2D eigenvalue weighted by Crippen LogP contribution is -2.55. The average Bonchev–Trinajstić information content (AvgIpc) is 2.58. The SMILES string of the molecule is CC(C)(C)C(=O)OC[C@H]1O[C@H](OO)C[C@@H](OC(=O)C(C)(C)C)[C@H]1OC(=O)C(C)(C)C. The van der Waals surface area contributed by atoms with E-state index >= 15 is 0 Å². The molecule has 4 atom stereocenters. The molecule has 1 fully saturated rings. The van der Waals surface area contributed by atoms with E-state index in [4.69, 9.17) is 24.2 Å². The Kier molecular flexibility index (Phi) is 8.44. The molecule has 1 N–H and O–H groups in total. The van der Waals surface area contributed by atoms with Gasteiger partial charge in [-0.25, -0.2) is 10.1 Å². The van der Waals surface area contributed by atoms with Gasteiger partial charge in [0.15, 0.2) is 12.4 Å². The topological polar surface area (TPSA) is 118 Å². The minimum Gasteiger partial charge on any atom is -0.462 e. The first kappa shape index (κ1) is 26.3. The average molecular weight is 433 g/mol. The second kappa shape index (κ2) is 9.62. The quantitative estimate of drug-likeness (QED) is 0.302. The zero-order valence-electron chi connectivity index (χ0n) is 19.4. The van der Waals surface area contributed by atoms with Crippen molar-refractivity contribution in [3.8, 4) is 0 Å². The molecule has 30 heavy (non-hydrogen) atoms. The summed E-state index contributed by atoms with van der Waals surface area (Å²) in [5.41, 5.74) is -2.38. The highest BCUT2D eigenvalue weighted by molar-refractivity contribution is 5.77. The molecular formula is C21H36O9. The van der Waals surface area contributed by atoms with Crippen LogP contribution in [0.2, 0.25) is 0 Å². The Labute approximate surface area is 178 Å². The van der Waals surface area contributed by atoms with Gasteiger partial charge in [-0.2, -0.15) is 0 Å². The zero-order valence-corrected chi connectivity index (χ0v) is 19.4. The summed E-state index contributed by atoms with van der Waals surface area (Å²) in [7, 11) is 0. The molecular weight excluding hydrogens is 396 g/mol. The molecule has 0 aromatic heterocycles. The van der Waals surface area contributed by atoms with Crippen LogP contribution in [-0.2, 0) is 38.2 Å². The van der Waals surface area contributed by atoms with Crippen LogP contribution in [0, 0.1) is 16.2 Å². The summed E-state index contributed by atoms with van der Waals surface area (Å²) in [5, 5.41) is 9.14. The lowest BCUT2D eigenvalue weighted by atomic mass is 9.94. The monoisotopic (exact) mass is 432 g/mol. The van der Waals surface area contributed by atoms with Crippen LogP contribution in [-0.4, -0.2) is 54.4 Å². The van der Waals surface area contributed by atoms with Gasteiger partial charge in [-0.05, 0) is 62.3 Å². The third kappa shape index (κ3) is 7.52. The van der Waals surface area contributed by atoms with E-state index in [9.17, 15) is 14.4 Å². The molecule has 0 unspecified atom stereocenters. The maximum Gasteiger partial charge on any atom is 0.311 e. The molecule has 0 aliphatic carbocycles. The van der Waals surface area contributed by atoms with Crippen LogP contribution in [0.15, 0.2) is 0 Å². The summed E-state index contributed by atoms with van der Waals surface area (Å²) in [6, 6.07) is 0. The fraction of sp³-hybridized carbons (Fsp3) is 0.857. The van der Waals surface area contributed by atoms with Gasteiger partial charge in [0.1, 0.15) is 18.8 Å². The number of ether oxygens (including phenoxy) is 4. The summed E-state index contributed by atoms with van der Waals surface area (Å²) < 4.78 is 22.2. The van der Waals surface area contributed by atoms with E-state index in [2.05, 4.69) is 4.89 Å². The predicted octanol–water partition coefficient (Wildman–Crippen LogP) is 3.10. The summed E-state index contributed by atoms with van der Waals surface area (Å²) in [5.74, 6) is -1.54. The molecule has 0 aromatic carbocycles. The first-order chi connectivity index (χ1) is 13.5. The standard InChI is InChI=1S/C21H36O9/c1-19(2,3)16(22)26-11-13-15(29-18(24)21(7,8)9)12(10-14(27-13)30-25)28-17(23)20(4,5)6/h12-15,25H,10-11H2,1-9H3/t12-,13-,14-,15-/m1/s1. The smallest absolute Gasteiger partial charge is 0.311 e. The van der Waals surface area contributed by atoms with Crippen LogP contribution < -0.4 is 0 Å². The number of hydrogen-bond acceptors (Lipinski definition) is 9. The molecule has 174 valence electrons. The van der Waals surface area contributed by atoms with Crippen LogP contribution in [0.3, 0.4) is 0 Å². The number of hydrogen-bond donors (Lipinski definition) is 1. The number of carbonyl (C=O) groups is 3. The second-order valence-electron chi connectivity index (χ2n) is 10.6. The highest BCUT2D eigenvalue weighted by Crippen LogP contribution is 2.31. The van der Waals surface area contributed by atoms with Gasteiger partial charge in [0.05, 0.1) is 16.2 Å². The Morgan fingerprint density at radius 1 is 0.833 bits per heavy atom. The maximum absolute atomic E-state index is 12.5. The molecule has 1 rings (SSSR count). The van der Waals surface area contributed by atoms with E-state index in [1.54, 1.807) is 62.3 Å². The van der Waals surface area contributed by atoms with E-state index in [0.717, 1.165) is 0 Å². The van der Waals surface area contributed by atoms with Crippen LogP contribution in [0.4, 0.5) is 0 Å². The van der Waals surface area contributed by atoms with E-state index in [1.807, 2.05) is 0 Å². The van der Waals surface area contributed by atoms with Gasteiger partial charge in [-0.1, -0.05) is 0 Å². The lowest BCUT2D eigenvalue weighted by molar-refractivity contribution is -0.381. The molecule has 0 aromatic rings. The first-order valence-corrected chi connectivity index (χ1v) is 10.0. The van der Waals surface area contributed by atoms with Crippen molar-refractivity contribution < 1.29 is 43.5 Å². The van der Waals surface area contributed by atoms with Crippen LogP contribution in [0.25, 0.3) is 0 Å².